The maximum Gasteiger partial charge on any atom is 0.312 e. The zero-order valence-corrected chi connectivity index (χ0v) is 10.7. The number of halogens is 1. The molecule has 0 radical (unpaired) electrons. The first-order chi connectivity index (χ1) is 8.50. The van der Waals surface area contributed by atoms with E-state index in [0.29, 0.717) is 5.69 Å². The number of para-hydroxylation sites is 1. The maximum atomic E-state index is 11.0. The van der Waals surface area contributed by atoms with Crippen LogP contribution in [0.4, 0.5) is 11.4 Å². The Labute approximate surface area is 109 Å². The van der Waals surface area contributed by atoms with Crippen LogP contribution in [0.2, 0.25) is 5.02 Å². The van der Waals surface area contributed by atoms with Crippen molar-refractivity contribution in [3.05, 3.63) is 56.9 Å². The second kappa shape index (κ2) is 4.70. The lowest BCUT2D eigenvalue weighted by molar-refractivity contribution is -0.383. The Morgan fingerprint density at radius 3 is 2.39 bits per heavy atom. The molecule has 0 aliphatic heterocycles. The molecule has 1 aromatic carbocycles. The van der Waals surface area contributed by atoms with Crippen LogP contribution in [0.3, 0.4) is 0 Å². The minimum atomic E-state index is -0.487. The van der Waals surface area contributed by atoms with Gasteiger partial charge in [-0.25, -0.2) is 0 Å². The fraction of sp³-hybridized carbons (Fsp3) is 0.167. The van der Waals surface area contributed by atoms with Gasteiger partial charge in [-0.05, 0) is 38.1 Å². The average molecular weight is 266 g/mol. The summed E-state index contributed by atoms with van der Waals surface area (Å²) in [7, 11) is 0. The fourth-order valence-electron chi connectivity index (χ4n) is 1.76. The highest BCUT2D eigenvalue weighted by molar-refractivity contribution is 6.33. The van der Waals surface area contributed by atoms with Crippen LogP contribution >= 0.6 is 11.6 Å². The van der Waals surface area contributed by atoms with Crippen LogP contribution in [-0.4, -0.2) is 9.60 Å². The van der Waals surface area contributed by atoms with Crippen LogP contribution < -0.4 is 5.43 Å². The highest BCUT2D eigenvalue weighted by atomic mass is 35.5. The first kappa shape index (κ1) is 12.4. The number of rotatable bonds is 3. The molecule has 0 atom stereocenters. The molecule has 0 amide bonds. The molecule has 0 bridgehead atoms. The van der Waals surface area contributed by atoms with E-state index in [0.717, 1.165) is 11.4 Å². The number of hydrogen-bond donors (Lipinski definition) is 1. The summed E-state index contributed by atoms with van der Waals surface area (Å²) >= 11 is 5.85. The quantitative estimate of drug-likeness (QED) is 0.682. The summed E-state index contributed by atoms with van der Waals surface area (Å²) in [5.41, 5.74) is 5.17. The van der Waals surface area contributed by atoms with Gasteiger partial charge in [-0.2, -0.15) is 0 Å². The average Bonchev–Trinajstić information content (AvgIpc) is 2.60. The van der Waals surface area contributed by atoms with Crippen molar-refractivity contribution in [2.24, 2.45) is 0 Å². The highest BCUT2D eigenvalue weighted by Crippen LogP contribution is 2.32. The van der Waals surface area contributed by atoms with Gasteiger partial charge in [0.1, 0.15) is 10.7 Å². The molecule has 0 fully saturated rings. The van der Waals surface area contributed by atoms with Gasteiger partial charge in [-0.15, -0.1) is 0 Å². The Balaban J connectivity index is 2.47. The SMILES string of the molecule is Cc1ccc(C)n1Nc1cccc(Cl)c1[N+](=O)[O-]. The van der Waals surface area contributed by atoms with Crippen molar-refractivity contribution in [3.8, 4) is 0 Å². The zero-order valence-electron chi connectivity index (χ0n) is 9.98. The first-order valence-electron chi connectivity index (χ1n) is 5.35. The Morgan fingerprint density at radius 2 is 1.83 bits per heavy atom. The van der Waals surface area contributed by atoms with Gasteiger partial charge in [0.25, 0.3) is 0 Å². The first-order valence-corrected chi connectivity index (χ1v) is 5.73. The zero-order chi connectivity index (χ0) is 13.3. The molecule has 0 spiro atoms. The molecule has 0 unspecified atom stereocenters. The van der Waals surface area contributed by atoms with Gasteiger partial charge in [0.2, 0.25) is 0 Å². The number of benzene rings is 1. The maximum absolute atomic E-state index is 11.0. The summed E-state index contributed by atoms with van der Waals surface area (Å²) in [4.78, 5) is 10.5. The summed E-state index contributed by atoms with van der Waals surface area (Å²) in [6, 6.07) is 8.66. The van der Waals surface area contributed by atoms with Gasteiger partial charge in [0.05, 0.1) is 4.92 Å². The van der Waals surface area contributed by atoms with Gasteiger partial charge in [-0.3, -0.25) is 20.2 Å². The molecule has 1 aromatic heterocycles. The number of hydrogen-bond acceptors (Lipinski definition) is 3. The van der Waals surface area contributed by atoms with Crippen LogP contribution in [0, 0.1) is 24.0 Å². The van der Waals surface area contributed by atoms with E-state index >= 15 is 0 Å². The molecule has 0 saturated heterocycles. The number of anilines is 1. The van der Waals surface area contributed by atoms with Crippen LogP contribution in [0.25, 0.3) is 0 Å². The van der Waals surface area contributed by atoms with Crippen molar-refractivity contribution in [1.82, 2.24) is 4.68 Å². The summed E-state index contributed by atoms with van der Waals surface area (Å²) in [5, 5.41) is 11.1. The van der Waals surface area contributed by atoms with Crippen molar-refractivity contribution in [2.75, 3.05) is 5.43 Å². The summed E-state index contributed by atoms with van der Waals surface area (Å²) in [6.07, 6.45) is 0. The van der Waals surface area contributed by atoms with E-state index in [2.05, 4.69) is 5.43 Å². The minimum absolute atomic E-state index is 0.118. The molecular weight excluding hydrogens is 254 g/mol. The standard InChI is InChI=1S/C12H12ClN3O2/c1-8-6-7-9(2)15(8)14-11-5-3-4-10(13)12(11)16(17)18/h3-7,14H,1-2H3. The van der Waals surface area contributed by atoms with Gasteiger partial charge in [0.15, 0.2) is 0 Å². The molecule has 6 heteroatoms. The summed E-state index contributed by atoms with van der Waals surface area (Å²) < 4.78 is 1.78. The Bertz CT molecular complexity index is 588. The van der Waals surface area contributed by atoms with E-state index in [1.54, 1.807) is 16.8 Å². The van der Waals surface area contributed by atoms with Crippen molar-refractivity contribution >= 4 is 23.0 Å². The van der Waals surface area contributed by atoms with Crippen molar-refractivity contribution < 1.29 is 4.92 Å². The van der Waals surface area contributed by atoms with Crippen LogP contribution in [-0.2, 0) is 0 Å². The Kier molecular flexibility index (Phi) is 3.25. The second-order valence-electron chi connectivity index (χ2n) is 3.96. The van der Waals surface area contributed by atoms with E-state index < -0.39 is 4.92 Å². The third-order valence-electron chi connectivity index (χ3n) is 2.67. The molecule has 2 rings (SSSR count). The van der Waals surface area contributed by atoms with Gasteiger partial charge < -0.3 is 0 Å². The lowest BCUT2D eigenvalue weighted by Crippen LogP contribution is -2.13. The van der Waals surface area contributed by atoms with Gasteiger partial charge in [0, 0.05) is 11.4 Å². The molecule has 2 aromatic rings. The van der Waals surface area contributed by atoms with Crippen molar-refractivity contribution in [1.29, 1.82) is 0 Å². The molecule has 0 aliphatic rings. The smallest absolute Gasteiger partial charge is 0.288 e. The number of nitro groups is 1. The normalized spacial score (nSPS) is 10.4. The summed E-state index contributed by atoms with van der Waals surface area (Å²) in [5.74, 6) is 0. The number of nitro benzene ring substituents is 1. The lowest BCUT2D eigenvalue weighted by atomic mass is 10.3. The van der Waals surface area contributed by atoms with Gasteiger partial charge >= 0.3 is 5.69 Å². The van der Waals surface area contributed by atoms with Crippen LogP contribution in [0.15, 0.2) is 30.3 Å². The largest absolute Gasteiger partial charge is 0.312 e. The molecule has 1 N–H and O–H groups in total. The molecule has 5 nitrogen and oxygen atoms in total. The van der Waals surface area contributed by atoms with Gasteiger partial charge in [-0.1, -0.05) is 17.7 Å². The predicted octanol–water partition coefficient (Wildman–Crippen LogP) is 3.54. The Hall–Kier alpha value is -2.01. The van der Waals surface area contributed by atoms with Crippen molar-refractivity contribution in [2.45, 2.75) is 13.8 Å². The molecule has 1 heterocycles. The number of nitrogens with zero attached hydrogens (tertiary/aromatic N) is 2. The van der Waals surface area contributed by atoms with Crippen LogP contribution in [0.5, 0.6) is 0 Å². The van der Waals surface area contributed by atoms with E-state index in [9.17, 15) is 10.1 Å². The third-order valence-corrected chi connectivity index (χ3v) is 2.98. The summed E-state index contributed by atoms with van der Waals surface area (Å²) in [6.45, 7) is 3.83. The van der Waals surface area contributed by atoms with E-state index in [1.165, 1.54) is 6.07 Å². The molecular formula is C12H12ClN3O2. The third kappa shape index (κ3) is 2.17. The van der Waals surface area contributed by atoms with Crippen molar-refractivity contribution in [3.63, 3.8) is 0 Å². The topological polar surface area (TPSA) is 60.1 Å². The van der Waals surface area contributed by atoms with Crippen LogP contribution in [0.1, 0.15) is 11.4 Å². The predicted molar refractivity (Wildman–Crippen MR) is 71.0 cm³/mol. The lowest BCUT2D eigenvalue weighted by Gasteiger charge is -2.13. The Morgan fingerprint density at radius 1 is 1.22 bits per heavy atom. The molecule has 94 valence electrons. The number of nitrogens with one attached hydrogen (secondary N) is 1. The number of aryl methyl sites for hydroxylation is 2. The van der Waals surface area contributed by atoms with E-state index in [1.807, 2.05) is 26.0 Å². The fourth-order valence-corrected chi connectivity index (χ4v) is 2.00. The second-order valence-corrected chi connectivity index (χ2v) is 4.36. The minimum Gasteiger partial charge on any atom is -0.288 e. The molecule has 0 aliphatic carbocycles. The van der Waals surface area contributed by atoms with E-state index in [4.69, 9.17) is 11.6 Å². The number of aromatic nitrogens is 1. The van der Waals surface area contributed by atoms with E-state index in [-0.39, 0.29) is 10.7 Å². The molecule has 0 saturated carbocycles. The molecule has 18 heavy (non-hydrogen) atoms. The highest BCUT2D eigenvalue weighted by Gasteiger charge is 2.18. The monoisotopic (exact) mass is 265 g/mol.